The van der Waals surface area contributed by atoms with E-state index in [1.165, 1.54) is 22.8 Å². The van der Waals surface area contributed by atoms with E-state index in [1.807, 2.05) is 11.8 Å². The van der Waals surface area contributed by atoms with Crippen molar-refractivity contribution in [2.45, 2.75) is 38.5 Å². The molecule has 1 aromatic carbocycles. The van der Waals surface area contributed by atoms with E-state index in [4.69, 9.17) is 14.5 Å². The molecule has 0 aliphatic carbocycles. The first-order valence-electron chi connectivity index (χ1n) is 11.0. The van der Waals surface area contributed by atoms with Gasteiger partial charge in [-0.15, -0.1) is 24.0 Å². The summed E-state index contributed by atoms with van der Waals surface area (Å²) in [6.07, 6.45) is 2.64. The molecular weight excluding hydrogens is 511 g/mol. The van der Waals surface area contributed by atoms with Gasteiger partial charge in [0, 0.05) is 56.5 Å². The average Bonchev–Trinajstić information content (AvgIpc) is 3.33. The molecule has 8 heteroatoms. The fourth-order valence-electron chi connectivity index (χ4n) is 4.21. The molecule has 2 unspecified atom stereocenters. The zero-order valence-corrected chi connectivity index (χ0v) is 21.1. The minimum atomic E-state index is 0. The fourth-order valence-corrected chi connectivity index (χ4v) is 5.12. The maximum atomic E-state index is 6.00. The van der Waals surface area contributed by atoms with E-state index >= 15 is 0 Å². The predicted molar refractivity (Wildman–Crippen MR) is 136 cm³/mol. The highest BCUT2D eigenvalue weighted by Crippen LogP contribution is 2.22. The highest BCUT2D eigenvalue weighted by atomic mass is 127. The first kappa shape index (κ1) is 23.9. The Morgan fingerprint density at radius 2 is 1.87 bits per heavy atom. The Labute approximate surface area is 202 Å². The molecule has 30 heavy (non-hydrogen) atoms. The van der Waals surface area contributed by atoms with Crippen LogP contribution in [0.25, 0.3) is 0 Å². The zero-order chi connectivity index (χ0) is 19.9. The van der Waals surface area contributed by atoms with Gasteiger partial charge in [0.15, 0.2) is 5.96 Å². The highest BCUT2D eigenvalue weighted by Gasteiger charge is 2.32. The Morgan fingerprint density at radius 3 is 2.57 bits per heavy atom. The van der Waals surface area contributed by atoms with E-state index in [0.717, 1.165) is 64.7 Å². The number of guanidine groups is 1. The molecule has 0 saturated carbocycles. The lowest BCUT2D eigenvalue weighted by Crippen LogP contribution is -2.53. The van der Waals surface area contributed by atoms with Crippen molar-refractivity contribution in [1.82, 2.24) is 10.2 Å². The minimum absolute atomic E-state index is 0. The Hall–Kier alpha value is -0.710. The molecule has 0 radical (unpaired) electrons. The smallest absolute Gasteiger partial charge is 0.194 e. The molecule has 168 valence electrons. The van der Waals surface area contributed by atoms with Gasteiger partial charge in [0.25, 0.3) is 0 Å². The number of anilines is 1. The van der Waals surface area contributed by atoms with E-state index in [0.29, 0.717) is 6.54 Å². The highest BCUT2D eigenvalue weighted by molar-refractivity contribution is 14.0. The molecule has 3 saturated heterocycles. The van der Waals surface area contributed by atoms with Gasteiger partial charge >= 0.3 is 0 Å². The Bertz CT molecular complexity index is 664. The SMILES string of the molecule is CCNC(=NCc1ccc(N2CCSCC2)cc1)N1CCOC(C2CCCO2)C1.I. The van der Waals surface area contributed by atoms with Gasteiger partial charge < -0.3 is 24.6 Å². The summed E-state index contributed by atoms with van der Waals surface area (Å²) in [6, 6.07) is 8.93. The number of ether oxygens (including phenoxy) is 2. The Kier molecular flexibility index (Phi) is 9.86. The number of benzene rings is 1. The van der Waals surface area contributed by atoms with Crippen molar-refractivity contribution in [3.8, 4) is 0 Å². The molecule has 3 aliphatic rings. The van der Waals surface area contributed by atoms with Gasteiger partial charge in [-0.2, -0.15) is 11.8 Å². The number of morpholine rings is 1. The van der Waals surface area contributed by atoms with Gasteiger partial charge in [0.05, 0.1) is 19.3 Å². The molecule has 1 aromatic rings. The number of hydrogen-bond donors (Lipinski definition) is 1. The minimum Gasteiger partial charge on any atom is -0.375 e. The lowest BCUT2D eigenvalue weighted by atomic mass is 10.1. The molecule has 0 spiro atoms. The summed E-state index contributed by atoms with van der Waals surface area (Å²) in [5.41, 5.74) is 2.58. The van der Waals surface area contributed by atoms with Gasteiger partial charge in [-0.05, 0) is 37.5 Å². The van der Waals surface area contributed by atoms with Crippen molar-refractivity contribution in [2.24, 2.45) is 4.99 Å². The first-order chi connectivity index (χ1) is 14.3. The fraction of sp³-hybridized carbons (Fsp3) is 0.682. The van der Waals surface area contributed by atoms with Crippen molar-refractivity contribution in [3.05, 3.63) is 29.8 Å². The summed E-state index contributed by atoms with van der Waals surface area (Å²) >= 11 is 2.05. The average molecular weight is 547 g/mol. The molecule has 3 fully saturated rings. The van der Waals surface area contributed by atoms with Crippen molar-refractivity contribution in [2.75, 3.05) is 62.3 Å². The van der Waals surface area contributed by atoms with Crippen LogP contribution in [0.3, 0.4) is 0 Å². The van der Waals surface area contributed by atoms with Gasteiger partial charge in [-0.1, -0.05) is 12.1 Å². The Morgan fingerprint density at radius 1 is 1.10 bits per heavy atom. The summed E-state index contributed by atoms with van der Waals surface area (Å²) in [6.45, 7) is 9.31. The van der Waals surface area contributed by atoms with Crippen LogP contribution >= 0.6 is 35.7 Å². The summed E-state index contributed by atoms with van der Waals surface area (Å²) in [5, 5.41) is 3.47. The van der Waals surface area contributed by atoms with E-state index in [-0.39, 0.29) is 36.2 Å². The van der Waals surface area contributed by atoms with Crippen LogP contribution in [0.2, 0.25) is 0 Å². The maximum Gasteiger partial charge on any atom is 0.194 e. The second-order valence-electron chi connectivity index (χ2n) is 7.84. The number of hydrogen-bond acceptors (Lipinski definition) is 5. The topological polar surface area (TPSA) is 49.3 Å². The number of halogens is 1. The predicted octanol–water partition coefficient (Wildman–Crippen LogP) is 3.20. The molecule has 3 aliphatic heterocycles. The molecule has 2 atom stereocenters. The molecule has 6 nitrogen and oxygen atoms in total. The third-order valence-corrected chi connectivity index (χ3v) is 6.77. The standard InChI is InChI=1S/C22H34N4O2S.HI/c1-2-23-22(26-9-13-28-21(17-26)20-4-3-12-27-20)24-16-18-5-7-19(8-6-18)25-10-14-29-15-11-25;/h5-8,20-21H,2-4,9-17H2,1H3,(H,23,24);1H. The van der Waals surface area contributed by atoms with Crippen LogP contribution < -0.4 is 10.2 Å². The number of aliphatic imine (C=N–C) groups is 1. The van der Waals surface area contributed by atoms with E-state index in [2.05, 4.69) is 46.3 Å². The third-order valence-electron chi connectivity index (χ3n) is 5.83. The van der Waals surface area contributed by atoms with Gasteiger partial charge in [0.1, 0.15) is 6.10 Å². The van der Waals surface area contributed by atoms with E-state index in [9.17, 15) is 0 Å². The van der Waals surface area contributed by atoms with Crippen LogP contribution in [-0.4, -0.2) is 80.5 Å². The number of rotatable bonds is 5. The molecular formula is C22H35IN4O2S. The third kappa shape index (κ3) is 6.40. The molecule has 0 amide bonds. The first-order valence-corrected chi connectivity index (χ1v) is 12.2. The van der Waals surface area contributed by atoms with Gasteiger partial charge in [-0.3, -0.25) is 0 Å². The van der Waals surface area contributed by atoms with Gasteiger partial charge in [-0.25, -0.2) is 4.99 Å². The monoisotopic (exact) mass is 546 g/mol. The lowest BCUT2D eigenvalue weighted by molar-refractivity contribution is -0.0817. The second-order valence-corrected chi connectivity index (χ2v) is 9.07. The van der Waals surface area contributed by atoms with Crippen LogP contribution in [0.4, 0.5) is 5.69 Å². The second kappa shape index (κ2) is 12.4. The molecule has 4 rings (SSSR count). The van der Waals surface area contributed by atoms with Crippen molar-refractivity contribution < 1.29 is 9.47 Å². The van der Waals surface area contributed by atoms with Crippen molar-refractivity contribution >= 4 is 47.4 Å². The van der Waals surface area contributed by atoms with Gasteiger partial charge in [0.2, 0.25) is 0 Å². The van der Waals surface area contributed by atoms with Crippen molar-refractivity contribution in [3.63, 3.8) is 0 Å². The summed E-state index contributed by atoms with van der Waals surface area (Å²) in [5.74, 6) is 3.44. The molecule has 3 heterocycles. The number of nitrogens with one attached hydrogen (secondary N) is 1. The van der Waals surface area contributed by atoms with E-state index in [1.54, 1.807) is 0 Å². The summed E-state index contributed by atoms with van der Waals surface area (Å²) < 4.78 is 11.9. The van der Waals surface area contributed by atoms with Crippen molar-refractivity contribution in [1.29, 1.82) is 0 Å². The van der Waals surface area contributed by atoms with Crippen LogP contribution in [0.5, 0.6) is 0 Å². The zero-order valence-electron chi connectivity index (χ0n) is 17.9. The number of nitrogens with zero attached hydrogens (tertiary/aromatic N) is 3. The summed E-state index contributed by atoms with van der Waals surface area (Å²) in [4.78, 5) is 9.74. The van der Waals surface area contributed by atoms with E-state index < -0.39 is 0 Å². The van der Waals surface area contributed by atoms with Crippen LogP contribution in [0, 0.1) is 0 Å². The quantitative estimate of drug-likeness (QED) is 0.348. The normalized spacial score (nSPS) is 25.2. The van der Waals surface area contributed by atoms with Crippen LogP contribution in [0.1, 0.15) is 25.3 Å². The summed E-state index contributed by atoms with van der Waals surface area (Å²) in [7, 11) is 0. The maximum absolute atomic E-state index is 6.00. The largest absolute Gasteiger partial charge is 0.375 e. The Balaban J connectivity index is 0.00000256. The van der Waals surface area contributed by atoms with Crippen LogP contribution in [-0.2, 0) is 16.0 Å². The molecule has 0 aromatic heterocycles. The molecule has 1 N–H and O–H groups in total. The number of thioether (sulfide) groups is 1. The lowest BCUT2D eigenvalue weighted by Gasteiger charge is -2.37. The van der Waals surface area contributed by atoms with Crippen LogP contribution in [0.15, 0.2) is 29.3 Å². The molecule has 0 bridgehead atoms.